The molecule has 2 rings (SSSR count). The van der Waals surface area contributed by atoms with E-state index >= 15 is 0 Å². The molecule has 1 aliphatic carbocycles. The van der Waals surface area contributed by atoms with Crippen LogP contribution in [0.5, 0.6) is 0 Å². The van der Waals surface area contributed by atoms with Crippen LogP contribution in [0.2, 0.25) is 0 Å². The number of benzene rings is 1. The number of amides is 1. The highest BCUT2D eigenvalue weighted by molar-refractivity contribution is 5.82. The van der Waals surface area contributed by atoms with Crippen LogP contribution in [0.3, 0.4) is 0 Å². The summed E-state index contributed by atoms with van der Waals surface area (Å²) in [5.74, 6) is -0.877. The molecule has 1 unspecified atom stereocenters. The maximum atomic E-state index is 12.3. The fourth-order valence-electron chi connectivity index (χ4n) is 2.58. The van der Waals surface area contributed by atoms with E-state index in [2.05, 4.69) is 0 Å². The quantitative estimate of drug-likeness (QED) is 0.868. The molecule has 1 aliphatic rings. The van der Waals surface area contributed by atoms with E-state index in [1.807, 2.05) is 38.1 Å². The molecule has 1 aromatic carbocycles. The summed E-state index contributed by atoms with van der Waals surface area (Å²) in [6.45, 7) is 3.88. The predicted molar refractivity (Wildman–Crippen MR) is 76.6 cm³/mol. The summed E-state index contributed by atoms with van der Waals surface area (Å²) >= 11 is 0. The highest BCUT2D eigenvalue weighted by Crippen LogP contribution is 2.29. The van der Waals surface area contributed by atoms with Gasteiger partial charge in [0.25, 0.3) is 0 Å². The van der Waals surface area contributed by atoms with Gasteiger partial charge in [-0.1, -0.05) is 31.2 Å². The Morgan fingerprint density at radius 2 is 2.00 bits per heavy atom. The zero-order valence-electron chi connectivity index (χ0n) is 12.0. The van der Waals surface area contributed by atoms with Crippen LogP contribution < -0.4 is 0 Å². The number of carbonyl (C=O) groups is 2. The molecule has 0 aromatic heterocycles. The molecule has 4 heteroatoms. The summed E-state index contributed by atoms with van der Waals surface area (Å²) in [6, 6.07) is 8.16. The SMILES string of the molecule is Cc1ccccc1C(C)CC(=O)N(CC(=O)O)C1CC1. The number of carbonyl (C=O) groups excluding carboxylic acids is 1. The standard InChI is InChI=1S/C16H21NO3/c1-11-5-3-4-6-14(11)12(2)9-15(18)17(10-16(19)20)13-7-8-13/h3-6,12-13H,7-10H2,1-2H3,(H,19,20). The largest absolute Gasteiger partial charge is 0.480 e. The highest BCUT2D eigenvalue weighted by Gasteiger charge is 2.34. The number of carboxylic acids is 1. The zero-order chi connectivity index (χ0) is 14.7. The first kappa shape index (κ1) is 14.6. The Balaban J connectivity index is 2.02. The number of hydrogen-bond acceptors (Lipinski definition) is 2. The zero-order valence-corrected chi connectivity index (χ0v) is 12.0. The van der Waals surface area contributed by atoms with Crippen molar-refractivity contribution in [2.75, 3.05) is 6.54 Å². The molecule has 0 spiro atoms. The molecule has 1 amide bonds. The molecule has 1 fully saturated rings. The molecule has 1 aromatic rings. The van der Waals surface area contributed by atoms with Gasteiger partial charge in [-0.15, -0.1) is 0 Å². The second-order valence-corrected chi connectivity index (χ2v) is 5.61. The molecule has 4 nitrogen and oxygen atoms in total. The Hall–Kier alpha value is -1.84. The van der Waals surface area contributed by atoms with Gasteiger partial charge in [0.1, 0.15) is 6.54 Å². The molecular formula is C16H21NO3. The van der Waals surface area contributed by atoms with Crippen molar-refractivity contribution in [2.24, 2.45) is 0 Å². The second-order valence-electron chi connectivity index (χ2n) is 5.61. The fraction of sp³-hybridized carbons (Fsp3) is 0.500. The van der Waals surface area contributed by atoms with Gasteiger partial charge in [0, 0.05) is 12.5 Å². The van der Waals surface area contributed by atoms with E-state index in [0.29, 0.717) is 6.42 Å². The number of nitrogens with zero attached hydrogens (tertiary/aromatic N) is 1. The van der Waals surface area contributed by atoms with Crippen molar-refractivity contribution in [1.29, 1.82) is 0 Å². The van der Waals surface area contributed by atoms with Crippen LogP contribution in [-0.4, -0.2) is 34.5 Å². The van der Waals surface area contributed by atoms with Crippen LogP contribution in [0.1, 0.15) is 43.2 Å². The fourth-order valence-corrected chi connectivity index (χ4v) is 2.58. The van der Waals surface area contributed by atoms with Crippen LogP contribution in [0.15, 0.2) is 24.3 Å². The third-order valence-electron chi connectivity index (χ3n) is 3.81. The molecule has 1 saturated carbocycles. The summed E-state index contributed by atoms with van der Waals surface area (Å²) in [5, 5.41) is 8.91. The smallest absolute Gasteiger partial charge is 0.323 e. The molecule has 20 heavy (non-hydrogen) atoms. The minimum Gasteiger partial charge on any atom is -0.480 e. The number of hydrogen-bond donors (Lipinski definition) is 1. The summed E-state index contributed by atoms with van der Waals surface area (Å²) in [7, 11) is 0. The van der Waals surface area contributed by atoms with E-state index in [-0.39, 0.29) is 24.4 Å². The van der Waals surface area contributed by atoms with Gasteiger partial charge < -0.3 is 10.0 Å². The third-order valence-corrected chi connectivity index (χ3v) is 3.81. The Labute approximate surface area is 119 Å². The summed E-state index contributed by atoms with van der Waals surface area (Å²) in [4.78, 5) is 24.7. The minimum atomic E-state index is -0.936. The molecule has 0 aliphatic heterocycles. The van der Waals surface area contributed by atoms with E-state index < -0.39 is 5.97 Å². The summed E-state index contributed by atoms with van der Waals surface area (Å²) in [6.07, 6.45) is 2.23. The lowest BCUT2D eigenvalue weighted by Crippen LogP contribution is -2.37. The van der Waals surface area contributed by atoms with E-state index in [4.69, 9.17) is 5.11 Å². The monoisotopic (exact) mass is 275 g/mol. The van der Waals surface area contributed by atoms with Crippen molar-refractivity contribution >= 4 is 11.9 Å². The molecule has 0 heterocycles. The van der Waals surface area contributed by atoms with Gasteiger partial charge in [-0.2, -0.15) is 0 Å². The van der Waals surface area contributed by atoms with E-state index in [0.717, 1.165) is 18.4 Å². The number of aryl methyl sites for hydroxylation is 1. The van der Waals surface area contributed by atoms with Gasteiger partial charge in [0.2, 0.25) is 5.91 Å². The van der Waals surface area contributed by atoms with Gasteiger partial charge in [0.05, 0.1) is 0 Å². The molecule has 1 atom stereocenters. The number of aliphatic carboxylic acids is 1. The van der Waals surface area contributed by atoms with E-state index in [1.54, 1.807) is 0 Å². The van der Waals surface area contributed by atoms with Gasteiger partial charge in [-0.05, 0) is 36.8 Å². The summed E-state index contributed by atoms with van der Waals surface area (Å²) in [5.41, 5.74) is 2.33. The van der Waals surface area contributed by atoms with Gasteiger partial charge in [0.15, 0.2) is 0 Å². The lowest BCUT2D eigenvalue weighted by Gasteiger charge is -2.23. The van der Waals surface area contributed by atoms with E-state index in [9.17, 15) is 9.59 Å². The summed E-state index contributed by atoms with van der Waals surface area (Å²) < 4.78 is 0. The number of carboxylic acid groups (broad SMARTS) is 1. The topological polar surface area (TPSA) is 57.6 Å². The Kier molecular flexibility index (Phi) is 4.42. The van der Waals surface area contributed by atoms with Crippen molar-refractivity contribution in [2.45, 2.75) is 45.1 Å². The van der Waals surface area contributed by atoms with Crippen LogP contribution >= 0.6 is 0 Å². The minimum absolute atomic E-state index is 0.0503. The van der Waals surface area contributed by atoms with Crippen molar-refractivity contribution < 1.29 is 14.7 Å². The lowest BCUT2D eigenvalue weighted by atomic mass is 9.93. The normalized spacial score (nSPS) is 15.7. The Bertz CT molecular complexity index is 508. The Morgan fingerprint density at radius 1 is 1.35 bits per heavy atom. The van der Waals surface area contributed by atoms with Crippen molar-refractivity contribution in [3.63, 3.8) is 0 Å². The van der Waals surface area contributed by atoms with Crippen LogP contribution in [-0.2, 0) is 9.59 Å². The van der Waals surface area contributed by atoms with Crippen molar-refractivity contribution in [3.05, 3.63) is 35.4 Å². The first-order chi connectivity index (χ1) is 9.49. The Morgan fingerprint density at radius 3 is 2.55 bits per heavy atom. The molecule has 108 valence electrons. The van der Waals surface area contributed by atoms with Crippen molar-refractivity contribution in [1.82, 2.24) is 4.90 Å². The molecule has 0 radical (unpaired) electrons. The first-order valence-corrected chi connectivity index (χ1v) is 7.06. The number of rotatable bonds is 6. The van der Waals surface area contributed by atoms with Gasteiger partial charge in [-0.3, -0.25) is 9.59 Å². The predicted octanol–water partition coefficient (Wildman–Crippen LogP) is 2.56. The molecular weight excluding hydrogens is 254 g/mol. The maximum Gasteiger partial charge on any atom is 0.323 e. The maximum absolute atomic E-state index is 12.3. The van der Waals surface area contributed by atoms with Crippen molar-refractivity contribution in [3.8, 4) is 0 Å². The van der Waals surface area contributed by atoms with Crippen LogP contribution in [0.4, 0.5) is 0 Å². The van der Waals surface area contributed by atoms with Crippen LogP contribution in [0, 0.1) is 6.92 Å². The average Bonchev–Trinajstić information content (AvgIpc) is 3.20. The lowest BCUT2D eigenvalue weighted by molar-refractivity contribution is -0.145. The average molecular weight is 275 g/mol. The molecule has 0 saturated heterocycles. The van der Waals surface area contributed by atoms with Gasteiger partial charge >= 0.3 is 5.97 Å². The highest BCUT2D eigenvalue weighted by atomic mass is 16.4. The second kappa shape index (κ2) is 6.07. The van der Waals surface area contributed by atoms with Gasteiger partial charge in [-0.25, -0.2) is 0 Å². The first-order valence-electron chi connectivity index (χ1n) is 7.06. The molecule has 0 bridgehead atoms. The van der Waals surface area contributed by atoms with E-state index in [1.165, 1.54) is 10.5 Å². The van der Waals surface area contributed by atoms with Crippen LogP contribution in [0.25, 0.3) is 0 Å². The third kappa shape index (κ3) is 3.59. The molecule has 1 N–H and O–H groups in total.